The molecule has 0 amide bonds. The van der Waals surface area contributed by atoms with Gasteiger partial charge in [-0.25, -0.2) is 4.98 Å². The van der Waals surface area contributed by atoms with Crippen LogP contribution in [0.15, 0.2) is 0 Å². The first-order chi connectivity index (χ1) is 8.58. The average molecular weight is 271 g/mol. The van der Waals surface area contributed by atoms with E-state index in [9.17, 15) is 4.79 Å². The molecule has 2 rings (SSSR count). The van der Waals surface area contributed by atoms with Crippen molar-refractivity contribution in [1.29, 1.82) is 0 Å². The highest BCUT2D eigenvalue weighted by Crippen LogP contribution is 2.19. The van der Waals surface area contributed by atoms with E-state index in [1.807, 2.05) is 18.5 Å². The summed E-state index contributed by atoms with van der Waals surface area (Å²) in [6.45, 7) is 2.01. The Morgan fingerprint density at radius 1 is 1.50 bits per heavy atom. The number of methoxy groups -OCH3 is 1. The van der Waals surface area contributed by atoms with Crippen molar-refractivity contribution in [2.45, 2.75) is 19.9 Å². The highest BCUT2D eigenvalue weighted by molar-refractivity contribution is 6.17. The van der Waals surface area contributed by atoms with E-state index in [1.54, 1.807) is 4.68 Å². The molecule has 0 N–H and O–H groups in total. The largest absolute Gasteiger partial charge is 0.468 e. The number of rotatable bonds is 4. The van der Waals surface area contributed by atoms with Crippen LogP contribution in [0.1, 0.15) is 11.5 Å². The molecule has 98 valence electrons. The maximum atomic E-state index is 11.5. The van der Waals surface area contributed by atoms with E-state index in [0.717, 1.165) is 22.7 Å². The molecular formula is C11H15ClN4O2. The van der Waals surface area contributed by atoms with Crippen molar-refractivity contribution >= 4 is 28.7 Å². The van der Waals surface area contributed by atoms with Gasteiger partial charge in [-0.1, -0.05) is 0 Å². The second-order valence-corrected chi connectivity index (χ2v) is 4.39. The van der Waals surface area contributed by atoms with Gasteiger partial charge in [-0.05, 0) is 6.92 Å². The normalized spacial score (nSPS) is 11.1. The molecule has 2 aromatic heterocycles. The lowest BCUT2D eigenvalue weighted by atomic mass is 10.4. The van der Waals surface area contributed by atoms with Gasteiger partial charge in [0.2, 0.25) is 0 Å². The van der Waals surface area contributed by atoms with Crippen LogP contribution in [0.2, 0.25) is 0 Å². The number of aromatic nitrogens is 4. The summed E-state index contributed by atoms with van der Waals surface area (Å²) in [6, 6.07) is 0. The summed E-state index contributed by atoms with van der Waals surface area (Å²) >= 11 is 5.76. The van der Waals surface area contributed by atoms with Gasteiger partial charge >= 0.3 is 5.97 Å². The summed E-state index contributed by atoms with van der Waals surface area (Å²) in [6.07, 6.45) is 0.604. The summed E-state index contributed by atoms with van der Waals surface area (Å²) in [5.74, 6) is 0.919. The molecule has 0 unspecified atom stereocenters. The monoisotopic (exact) mass is 270 g/mol. The van der Waals surface area contributed by atoms with Crippen molar-refractivity contribution in [2.24, 2.45) is 7.05 Å². The van der Waals surface area contributed by atoms with Crippen molar-refractivity contribution in [2.75, 3.05) is 13.0 Å². The van der Waals surface area contributed by atoms with Gasteiger partial charge in [0.25, 0.3) is 0 Å². The lowest BCUT2D eigenvalue weighted by Crippen LogP contribution is -2.16. The van der Waals surface area contributed by atoms with Crippen LogP contribution in [0, 0.1) is 6.92 Å². The number of hydrogen-bond donors (Lipinski definition) is 0. The lowest BCUT2D eigenvalue weighted by Gasteiger charge is -2.07. The minimum Gasteiger partial charge on any atom is -0.468 e. The minimum absolute atomic E-state index is 0.123. The van der Waals surface area contributed by atoms with E-state index in [2.05, 4.69) is 10.1 Å². The number of halogens is 1. The molecule has 0 atom stereocenters. The molecule has 0 fully saturated rings. The Morgan fingerprint density at radius 2 is 2.22 bits per heavy atom. The second-order valence-electron chi connectivity index (χ2n) is 4.01. The van der Waals surface area contributed by atoms with Gasteiger partial charge in [0.15, 0.2) is 5.65 Å². The molecule has 2 aromatic rings. The Labute approximate surface area is 109 Å². The van der Waals surface area contributed by atoms with E-state index < -0.39 is 0 Å². The lowest BCUT2D eigenvalue weighted by molar-refractivity contribution is -0.141. The Morgan fingerprint density at radius 3 is 2.83 bits per heavy atom. The van der Waals surface area contributed by atoms with Crippen molar-refractivity contribution < 1.29 is 9.53 Å². The van der Waals surface area contributed by atoms with E-state index in [1.165, 1.54) is 7.11 Å². The standard InChI is InChI=1S/C11H15ClN4O2/c1-7-10-11(15(2)14-7)16(6-9(17)18-3)8(13-10)4-5-12/h4-6H2,1-3H3. The number of carbonyl (C=O) groups excluding carboxylic acids is 1. The summed E-state index contributed by atoms with van der Waals surface area (Å²) in [5, 5.41) is 4.29. The molecule has 0 aliphatic heterocycles. The molecular weight excluding hydrogens is 256 g/mol. The van der Waals surface area contributed by atoms with Crippen LogP contribution in [0.25, 0.3) is 11.2 Å². The van der Waals surface area contributed by atoms with Gasteiger partial charge in [-0.15, -0.1) is 11.6 Å². The summed E-state index contributed by atoms with van der Waals surface area (Å²) in [4.78, 5) is 16.0. The molecule has 0 radical (unpaired) electrons. The molecule has 0 spiro atoms. The number of carbonyl (C=O) groups is 1. The van der Waals surface area contributed by atoms with Gasteiger partial charge in [0.1, 0.15) is 17.9 Å². The van der Waals surface area contributed by atoms with E-state index in [4.69, 9.17) is 16.3 Å². The topological polar surface area (TPSA) is 61.9 Å². The third kappa shape index (κ3) is 2.08. The van der Waals surface area contributed by atoms with Crippen LogP contribution < -0.4 is 0 Å². The third-order valence-electron chi connectivity index (χ3n) is 2.80. The number of nitrogens with zero attached hydrogens (tertiary/aromatic N) is 4. The van der Waals surface area contributed by atoms with E-state index >= 15 is 0 Å². The molecule has 2 heterocycles. The van der Waals surface area contributed by atoms with Crippen LogP contribution >= 0.6 is 11.6 Å². The fourth-order valence-corrected chi connectivity index (χ4v) is 2.18. The third-order valence-corrected chi connectivity index (χ3v) is 2.99. The smallest absolute Gasteiger partial charge is 0.325 e. The zero-order valence-electron chi connectivity index (χ0n) is 10.6. The number of ether oxygens (including phenoxy) is 1. The highest BCUT2D eigenvalue weighted by Gasteiger charge is 2.18. The van der Waals surface area contributed by atoms with Crippen LogP contribution in [0.3, 0.4) is 0 Å². The number of alkyl halides is 1. The van der Waals surface area contributed by atoms with Crippen LogP contribution in [-0.4, -0.2) is 38.3 Å². The van der Waals surface area contributed by atoms with Gasteiger partial charge in [-0.2, -0.15) is 5.10 Å². The maximum Gasteiger partial charge on any atom is 0.325 e. The fraction of sp³-hybridized carbons (Fsp3) is 0.545. The summed E-state index contributed by atoms with van der Waals surface area (Å²) in [7, 11) is 3.20. The molecule has 0 aliphatic carbocycles. The Kier molecular flexibility index (Phi) is 3.56. The Balaban J connectivity index is 2.57. The van der Waals surface area contributed by atoms with Gasteiger partial charge in [0, 0.05) is 19.3 Å². The SMILES string of the molecule is COC(=O)Cn1c(CCCl)nc2c(C)nn(C)c21. The van der Waals surface area contributed by atoms with Gasteiger partial charge < -0.3 is 9.30 Å². The van der Waals surface area contributed by atoms with Crippen molar-refractivity contribution in [3.8, 4) is 0 Å². The number of esters is 1. The van der Waals surface area contributed by atoms with E-state index in [-0.39, 0.29) is 12.5 Å². The number of hydrogen-bond acceptors (Lipinski definition) is 4. The first-order valence-electron chi connectivity index (χ1n) is 5.60. The first-order valence-corrected chi connectivity index (χ1v) is 6.13. The molecule has 0 aliphatic rings. The molecule has 7 heteroatoms. The van der Waals surface area contributed by atoms with E-state index in [0.29, 0.717) is 12.3 Å². The number of fused-ring (bicyclic) bond motifs is 1. The zero-order chi connectivity index (χ0) is 13.3. The Hall–Kier alpha value is -1.56. The van der Waals surface area contributed by atoms with Crippen molar-refractivity contribution in [3.05, 3.63) is 11.5 Å². The molecule has 0 saturated heterocycles. The highest BCUT2D eigenvalue weighted by atomic mass is 35.5. The van der Waals surface area contributed by atoms with Gasteiger partial charge in [-0.3, -0.25) is 9.48 Å². The summed E-state index contributed by atoms with van der Waals surface area (Å²) < 4.78 is 8.23. The molecule has 0 bridgehead atoms. The number of imidazole rings is 1. The molecule has 6 nitrogen and oxygen atoms in total. The maximum absolute atomic E-state index is 11.5. The molecule has 0 saturated carbocycles. The van der Waals surface area contributed by atoms with Crippen LogP contribution in [-0.2, 0) is 29.5 Å². The average Bonchev–Trinajstić information content (AvgIpc) is 2.81. The Bertz CT molecular complexity index is 587. The van der Waals surface area contributed by atoms with Crippen LogP contribution in [0.4, 0.5) is 0 Å². The predicted molar refractivity (Wildman–Crippen MR) is 67.7 cm³/mol. The van der Waals surface area contributed by atoms with Crippen molar-refractivity contribution in [3.63, 3.8) is 0 Å². The first kappa shape index (κ1) is 12.9. The summed E-state index contributed by atoms with van der Waals surface area (Å²) in [5.41, 5.74) is 2.46. The minimum atomic E-state index is -0.316. The van der Waals surface area contributed by atoms with Crippen molar-refractivity contribution in [1.82, 2.24) is 19.3 Å². The number of aryl methyl sites for hydroxylation is 3. The molecule has 0 aromatic carbocycles. The fourth-order valence-electron chi connectivity index (χ4n) is 2.02. The molecule has 18 heavy (non-hydrogen) atoms. The van der Waals surface area contributed by atoms with Crippen LogP contribution in [0.5, 0.6) is 0 Å². The predicted octanol–water partition coefficient (Wildman–Crippen LogP) is 1.03. The van der Waals surface area contributed by atoms with Gasteiger partial charge in [0.05, 0.1) is 12.8 Å². The second kappa shape index (κ2) is 4.97. The zero-order valence-corrected chi connectivity index (χ0v) is 11.4. The quantitative estimate of drug-likeness (QED) is 0.615.